The van der Waals surface area contributed by atoms with E-state index in [0.29, 0.717) is 12.3 Å². The number of likely N-dealkylation sites (tertiary alicyclic amines) is 1. The summed E-state index contributed by atoms with van der Waals surface area (Å²) >= 11 is 0. The van der Waals surface area contributed by atoms with Crippen LogP contribution >= 0.6 is 0 Å². The van der Waals surface area contributed by atoms with Gasteiger partial charge in [0.1, 0.15) is 0 Å². The van der Waals surface area contributed by atoms with Crippen molar-refractivity contribution in [2.24, 2.45) is 11.7 Å². The second-order valence-electron chi connectivity index (χ2n) is 4.52. The molecular weight excluding hydrogens is 192 g/mol. The van der Waals surface area contributed by atoms with E-state index >= 15 is 0 Å². The van der Waals surface area contributed by atoms with Gasteiger partial charge in [-0.3, -0.25) is 4.79 Å². The average molecular weight is 214 g/mol. The summed E-state index contributed by atoms with van der Waals surface area (Å²) in [5.41, 5.74) is 5.61. The standard InChI is InChI=1S/C11H22N2O2/c1-9(12)2-3-11(15)13-6-4-10(8-14)5-7-13/h9-10,14H,2-8,12H2,1H3. The fourth-order valence-electron chi connectivity index (χ4n) is 1.87. The molecule has 1 aliphatic heterocycles. The SMILES string of the molecule is CC(N)CCC(=O)N1CCC(CO)CC1. The molecular formula is C11H22N2O2. The first-order valence-electron chi connectivity index (χ1n) is 5.77. The molecule has 3 N–H and O–H groups in total. The lowest BCUT2D eigenvalue weighted by Gasteiger charge is -2.31. The number of nitrogens with zero attached hydrogens (tertiary/aromatic N) is 1. The molecule has 0 radical (unpaired) electrons. The molecule has 4 nitrogen and oxygen atoms in total. The van der Waals surface area contributed by atoms with Crippen LogP contribution in [0.25, 0.3) is 0 Å². The largest absolute Gasteiger partial charge is 0.396 e. The van der Waals surface area contributed by atoms with Crippen LogP contribution in [0.15, 0.2) is 0 Å². The molecule has 0 aromatic heterocycles. The number of carbonyl (C=O) groups excluding carboxylic acids is 1. The normalized spacial score (nSPS) is 20.3. The van der Waals surface area contributed by atoms with E-state index in [2.05, 4.69) is 0 Å². The monoisotopic (exact) mass is 214 g/mol. The smallest absolute Gasteiger partial charge is 0.222 e. The lowest BCUT2D eigenvalue weighted by Crippen LogP contribution is -2.39. The molecule has 88 valence electrons. The van der Waals surface area contributed by atoms with Crippen LogP contribution in [-0.4, -0.2) is 41.7 Å². The highest BCUT2D eigenvalue weighted by Crippen LogP contribution is 2.17. The van der Waals surface area contributed by atoms with Crippen molar-refractivity contribution in [3.8, 4) is 0 Å². The fraction of sp³-hybridized carbons (Fsp3) is 0.909. The number of aliphatic hydroxyl groups excluding tert-OH is 1. The third-order valence-electron chi connectivity index (χ3n) is 3.04. The summed E-state index contributed by atoms with van der Waals surface area (Å²) < 4.78 is 0. The van der Waals surface area contributed by atoms with Gasteiger partial charge in [-0.15, -0.1) is 0 Å². The summed E-state index contributed by atoms with van der Waals surface area (Å²) in [7, 11) is 0. The molecule has 1 atom stereocenters. The summed E-state index contributed by atoms with van der Waals surface area (Å²) in [5, 5.41) is 8.97. The fourth-order valence-corrected chi connectivity index (χ4v) is 1.87. The Balaban J connectivity index is 2.24. The number of hydrogen-bond acceptors (Lipinski definition) is 3. The molecule has 0 bridgehead atoms. The zero-order valence-corrected chi connectivity index (χ0v) is 9.48. The summed E-state index contributed by atoms with van der Waals surface area (Å²) in [4.78, 5) is 13.6. The van der Waals surface area contributed by atoms with Crippen molar-refractivity contribution >= 4 is 5.91 Å². The predicted molar refractivity (Wildman–Crippen MR) is 59.3 cm³/mol. The summed E-state index contributed by atoms with van der Waals surface area (Å²) in [6.07, 6.45) is 3.18. The molecule has 4 heteroatoms. The van der Waals surface area contributed by atoms with Crippen molar-refractivity contribution in [1.29, 1.82) is 0 Å². The molecule has 1 heterocycles. The Hall–Kier alpha value is -0.610. The van der Waals surface area contributed by atoms with Crippen LogP contribution in [0.5, 0.6) is 0 Å². The molecule has 1 aliphatic rings. The van der Waals surface area contributed by atoms with E-state index in [0.717, 1.165) is 32.4 Å². The summed E-state index contributed by atoms with van der Waals surface area (Å²) in [6, 6.07) is 0.101. The molecule has 1 amide bonds. The number of rotatable bonds is 4. The highest BCUT2D eigenvalue weighted by atomic mass is 16.3. The molecule has 15 heavy (non-hydrogen) atoms. The maximum Gasteiger partial charge on any atom is 0.222 e. The first kappa shape index (κ1) is 12.5. The Bertz CT molecular complexity index is 199. The number of aliphatic hydroxyl groups is 1. The van der Waals surface area contributed by atoms with Crippen molar-refractivity contribution in [2.45, 2.75) is 38.6 Å². The van der Waals surface area contributed by atoms with E-state index in [9.17, 15) is 4.79 Å². The van der Waals surface area contributed by atoms with Gasteiger partial charge < -0.3 is 15.7 Å². The van der Waals surface area contributed by atoms with Crippen LogP contribution in [-0.2, 0) is 4.79 Å². The Morgan fingerprint density at radius 3 is 2.60 bits per heavy atom. The number of piperidine rings is 1. The number of hydrogen-bond donors (Lipinski definition) is 2. The van der Waals surface area contributed by atoms with Gasteiger partial charge in [0.05, 0.1) is 0 Å². The highest BCUT2D eigenvalue weighted by Gasteiger charge is 2.21. The third kappa shape index (κ3) is 4.18. The van der Waals surface area contributed by atoms with Crippen molar-refractivity contribution in [2.75, 3.05) is 19.7 Å². The van der Waals surface area contributed by atoms with Gasteiger partial charge in [-0.25, -0.2) is 0 Å². The zero-order chi connectivity index (χ0) is 11.3. The topological polar surface area (TPSA) is 66.6 Å². The van der Waals surface area contributed by atoms with Gasteiger partial charge in [0.25, 0.3) is 0 Å². The second kappa shape index (κ2) is 6.08. The van der Waals surface area contributed by atoms with Crippen LogP contribution in [0.3, 0.4) is 0 Å². The van der Waals surface area contributed by atoms with Gasteiger partial charge in [-0.05, 0) is 32.1 Å². The van der Waals surface area contributed by atoms with E-state index in [1.54, 1.807) is 0 Å². The first-order valence-corrected chi connectivity index (χ1v) is 5.77. The van der Waals surface area contributed by atoms with E-state index in [4.69, 9.17) is 10.8 Å². The minimum atomic E-state index is 0.101. The average Bonchev–Trinajstić information content (AvgIpc) is 2.26. The third-order valence-corrected chi connectivity index (χ3v) is 3.04. The summed E-state index contributed by atoms with van der Waals surface area (Å²) in [5.74, 6) is 0.603. The lowest BCUT2D eigenvalue weighted by atomic mass is 9.97. The molecule has 0 aromatic carbocycles. The molecule has 0 spiro atoms. The minimum Gasteiger partial charge on any atom is -0.396 e. The van der Waals surface area contributed by atoms with Gasteiger partial charge in [-0.2, -0.15) is 0 Å². The van der Waals surface area contributed by atoms with Crippen LogP contribution < -0.4 is 5.73 Å². The van der Waals surface area contributed by atoms with Crippen LogP contribution in [0.1, 0.15) is 32.6 Å². The van der Waals surface area contributed by atoms with Crippen molar-refractivity contribution in [3.05, 3.63) is 0 Å². The van der Waals surface area contributed by atoms with Crippen LogP contribution in [0.4, 0.5) is 0 Å². The van der Waals surface area contributed by atoms with E-state index in [1.165, 1.54) is 0 Å². The first-order chi connectivity index (χ1) is 7.13. The molecule has 0 saturated carbocycles. The van der Waals surface area contributed by atoms with Crippen LogP contribution in [0, 0.1) is 5.92 Å². The Morgan fingerprint density at radius 2 is 2.13 bits per heavy atom. The van der Waals surface area contributed by atoms with Crippen molar-refractivity contribution in [1.82, 2.24) is 4.90 Å². The predicted octanol–water partition coefficient (Wildman–Crippen LogP) is 0.345. The van der Waals surface area contributed by atoms with Crippen molar-refractivity contribution in [3.63, 3.8) is 0 Å². The zero-order valence-electron chi connectivity index (χ0n) is 9.48. The molecule has 1 saturated heterocycles. The van der Waals surface area contributed by atoms with E-state index < -0.39 is 0 Å². The van der Waals surface area contributed by atoms with Gasteiger partial charge >= 0.3 is 0 Å². The Labute approximate surface area is 91.4 Å². The lowest BCUT2D eigenvalue weighted by molar-refractivity contribution is -0.132. The number of carbonyl (C=O) groups is 1. The van der Waals surface area contributed by atoms with Gasteiger partial charge in [0.15, 0.2) is 0 Å². The van der Waals surface area contributed by atoms with Crippen molar-refractivity contribution < 1.29 is 9.90 Å². The van der Waals surface area contributed by atoms with E-state index in [-0.39, 0.29) is 18.6 Å². The Kier molecular flexibility index (Phi) is 5.05. The van der Waals surface area contributed by atoms with E-state index in [1.807, 2.05) is 11.8 Å². The second-order valence-corrected chi connectivity index (χ2v) is 4.52. The number of amides is 1. The molecule has 0 aromatic rings. The van der Waals surface area contributed by atoms with Gasteiger partial charge in [-0.1, -0.05) is 0 Å². The van der Waals surface area contributed by atoms with Gasteiger partial charge in [0, 0.05) is 32.2 Å². The van der Waals surface area contributed by atoms with Gasteiger partial charge in [0.2, 0.25) is 5.91 Å². The van der Waals surface area contributed by atoms with Crippen LogP contribution in [0.2, 0.25) is 0 Å². The maximum atomic E-state index is 11.7. The minimum absolute atomic E-state index is 0.101. The molecule has 1 rings (SSSR count). The quantitative estimate of drug-likeness (QED) is 0.709. The highest BCUT2D eigenvalue weighted by molar-refractivity contribution is 5.76. The molecule has 1 unspecified atom stereocenters. The Morgan fingerprint density at radius 1 is 1.53 bits per heavy atom. The molecule has 1 fully saturated rings. The maximum absolute atomic E-state index is 11.7. The molecule has 0 aliphatic carbocycles. The summed E-state index contributed by atoms with van der Waals surface area (Å²) in [6.45, 7) is 3.76. The number of nitrogens with two attached hydrogens (primary N) is 1.